The Morgan fingerprint density at radius 2 is 1.83 bits per heavy atom. The lowest BCUT2D eigenvalue weighted by Gasteiger charge is -2.10. The Morgan fingerprint density at radius 1 is 1.11 bits per heavy atom. The van der Waals surface area contributed by atoms with Crippen molar-refractivity contribution in [3.05, 3.63) is 48.0 Å². The van der Waals surface area contributed by atoms with Gasteiger partial charge in [-0.2, -0.15) is 0 Å². The Kier molecular flexibility index (Phi) is 3.77. The first kappa shape index (κ1) is 12.4. The van der Waals surface area contributed by atoms with Gasteiger partial charge >= 0.3 is 0 Å². The summed E-state index contributed by atoms with van der Waals surface area (Å²) >= 11 is 0. The van der Waals surface area contributed by atoms with Gasteiger partial charge in [0.1, 0.15) is 26.0 Å². The van der Waals surface area contributed by atoms with Gasteiger partial charge in [0.25, 0.3) is 0 Å². The average Bonchev–Trinajstić information content (AvgIpc) is 2.38. The highest BCUT2D eigenvalue weighted by Crippen LogP contribution is 2.20. The number of hydrogen-bond donors (Lipinski definition) is 1. The molecule has 0 aliphatic rings. The van der Waals surface area contributed by atoms with E-state index in [1.54, 1.807) is 25.3 Å². The first-order chi connectivity index (χ1) is 8.69. The molecule has 0 aliphatic heterocycles. The van der Waals surface area contributed by atoms with Crippen molar-refractivity contribution in [2.75, 3.05) is 12.8 Å². The van der Waals surface area contributed by atoms with Crippen LogP contribution in [-0.4, -0.2) is 15.0 Å². The number of nitrogen functional groups attached to an aromatic ring is 1. The summed E-state index contributed by atoms with van der Waals surface area (Å²) in [6.45, 7) is 0.456. The lowest BCUT2D eigenvalue weighted by atomic mass is 9.96. The monoisotopic (exact) mass is 239 g/mol. The van der Waals surface area contributed by atoms with Crippen molar-refractivity contribution in [3.63, 3.8) is 0 Å². The molecule has 0 bridgehead atoms. The fourth-order valence-electron chi connectivity index (χ4n) is 1.58. The second-order valence-electron chi connectivity index (χ2n) is 3.93. The predicted molar refractivity (Wildman–Crippen MR) is 73.6 cm³/mol. The molecule has 2 N–H and O–H groups in total. The van der Waals surface area contributed by atoms with E-state index in [-0.39, 0.29) is 0 Å². The lowest BCUT2D eigenvalue weighted by molar-refractivity contribution is 0.308. The van der Waals surface area contributed by atoms with E-state index < -0.39 is 0 Å². The van der Waals surface area contributed by atoms with Crippen LogP contribution in [0.1, 0.15) is 5.56 Å². The van der Waals surface area contributed by atoms with Crippen LogP contribution in [0.2, 0.25) is 0 Å². The molecule has 3 nitrogen and oxygen atoms in total. The fraction of sp³-hybridized carbons (Fsp3) is 0.143. The number of benzene rings is 2. The fourth-order valence-corrected chi connectivity index (χ4v) is 1.58. The average molecular weight is 239 g/mol. The molecule has 0 spiro atoms. The molecule has 0 amide bonds. The van der Waals surface area contributed by atoms with Crippen LogP contribution in [0.25, 0.3) is 0 Å². The van der Waals surface area contributed by atoms with Crippen molar-refractivity contribution in [2.24, 2.45) is 0 Å². The van der Waals surface area contributed by atoms with Gasteiger partial charge in [-0.25, -0.2) is 0 Å². The van der Waals surface area contributed by atoms with Gasteiger partial charge in [-0.15, -0.1) is 0 Å². The van der Waals surface area contributed by atoms with Crippen molar-refractivity contribution >= 4 is 19.0 Å². The summed E-state index contributed by atoms with van der Waals surface area (Å²) in [4.78, 5) is 0. The molecule has 0 unspecified atom stereocenters. The van der Waals surface area contributed by atoms with E-state index in [1.165, 1.54) is 0 Å². The van der Waals surface area contributed by atoms with Gasteiger partial charge in [-0.3, -0.25) is 0 Å². The van der Waals surface area contributed by atoms with Gasteiger partial charge in [0, 0.05) is 0 Å². The Bertz CT molecular complexity index is 526. The second kappa shape index (κ2) is 5.49. The molecule has 0 fully saturated rings. The van der Waals surface area contributed by atoms with Crippen molar-refractivity contribution in [1.82, 2.24) is 0 Å². The van der Waals surface area contributed by atoms with E-state index in [1.807, 2.05) is 24.3 Å². The largest absolute Gasteiger partial charge is 0.497 e. The topological polar surface area (TPSA) is 44.5 Å². The minimum atomic E-state index is 0.456. The van der Waals surface area contributed by atoms with Crippen LogP contribution in [0.4, 0.5) is 5.69 Å². The molecule has 4 heteroatoms. The third-order valence-corrected chi connectivity index (χ3v) is 2.59. The highest BCUT2D eigenvalue weighted by atomic mass is 16.5. The van der Waals surface area contributed by atoms with Crippen molar-refractivity contribution < 1.29 is 9.47 Å². The van der Waals surface area contributed by atoms with Crippen LogP contribution >= 0.6 is 0 Å². The number of anilines is 1. The van der Waals surface area contributed by atoms with Gasteiger partial charge in [-0.05, 0) is 29.8 Å². The zero-order valence-electron chi connectivity index (χ0n) is 10.2. The summed E-state index contributed by atoms with van der Waals surface area (Å²) in [7, 11) is 7.26. The van der Waals surface area contributed by atoms with Crippen LogP contribution in [0.5, 0.6) is 11.5 Å². The molecule has 2 rings (SSSR count). The minimum Gasteiger partial charge on any atom is -0.497 e. The van der Waals surface area contributed by atoms with E-state index in [0.717, 1.165) is 11.3 Å². The maximum atomic E-state index is 5.81. The molecule has 2 aromatic carbocycles. The first-order valence-corrected chi connectivity index (χ1v) is 5.60. The number of nitrogens with two attached hydrogens (primary N) is 1. The molecular weight excluding hydrogens is 225 g/mol. The summed E-state index contributed by atoms with van der Waals surface area (Å²) in [5.41, 5.74) is 8.03. The molecule has 2 radical (unpaired) electrons. The molecule has 0 aliphatic carbocycles. The molecule has 0 heterocycles. The maximum Gasteiger partial charge on any atom is 0.142 e. The zero-order chi connectivity index (χ0) is 13.0. The number of ether oxygens (including phenoxy) is 2. The Labute approximate surface area is 108 Å². The van der Waals surface area contributed by atoms with E-state index in [2.05, 4.69) is 0 Å². The molecule has 90 valence electrons. The molecule has 18 heavy (non-hydrogen) atoms. The maximum absolute atomic E-state index is 5.81. The van der Waals surface area contributed by atoms with Crippen molar-refractivity contribution in [3.8, 4) is 11.5 Å². The molecule has 0 saturated carbocycles. The van der Waals surface area contributed by atoms with Gasteiger partial charge in [0.05, 0.1) is 12.8 Å². The molecule has 0 atom stereocenters. The van der Waals surface area contributed by atoms with Crippen molar-refractivity contribution in [2.45, 2.75) is 6.61 Å². The van der Waals surface area contributed by atoms with E-state index in [9.17, 15) is 0 Å². The quantitative estimate of drug-likeness (QED) is 0.651. The first-order valence-electron chi connectivity index (χ1n) is 5.60. The molecule has 0 saturated heterocycles. The third-order valence-electron chi connectivity index (χ3n) is 2.59. The summed E-state index contributed by atoms with van der Waals surface area (Å²) < 4.78 is 10.7. The van der Waals surface area contributed by atoms with E-state index in [0.29, 0.717) is 23.5 Å². The predicted octanol–water partition coefficient (Wildman–Crippen LogP) is 1.65. The number of hydrogen-bond acceptors (Lipinski definition) is 3. The summed E-state index contributed by atoms with van der Waals surface area (Å²) in [6, 6.07) is 12.9. The zero-order valence-corrected chi connectivity index (χ0v) is 10.2. The molecule has 2 aromatic rings. The van der Waals surface area contributed by atoms with Gasteiger partial charge < -0.3 is 15.2 Å². The van der Waals surface area contributed by atoms with Crippen LogP contribution in [0, 0.1) is 0 Å². The second-order valence-corrected chi connectivity index (χ2v) is 3.93. The SMILES string of the molecule is [B]c1ccc(OCc2ccc(OC)cc2)c(N)c1. The summed E-state index contributed by atoms with van der Waals surface area (Å²) in [5, 5.41) is 0. The van der Waals surface area contributed by atoms with Gasteiger partial charge in [-0.1, -0.05) is 23.7 Å². The van der Waals surface area contributed by atoms with Crippen LogP contribution < -0.4 is 20.7 Å². The molecular formula is C14H14BNO2. The Morgan fingerprint density at radius 3 is 2.44 bits per heavy atom. The third kappa shape index (κ3) is 2.97. The van der Waals surface area contributed by atoms with Crippen LogP contribution in [0.3, 0.4) is 0 Å². The van der Waals surface area contributed by atoms with E-state index in [4.69, 9.17) is 23.1 Å². The standard InChI is InChI=1S/C14H14BNO2/c1-17-12-5-2-10(3-6-12)9-18-14-7-4-11(15)8-13(14)16/h2-8H,9,16H2,1H3. The van der Waals surface area contributed by atoms with E-state index >= 15 is 0 Å². The van der Waals surface area contributed by atoms with Crippen LogP contribution in [-0.2, 0) is 6.61 Å². The van der Waals surface area contributed by atoms with Gasteiger partial charge in [0.15, 0.2) is 0 Å². The highest BCUT2D eigenvalue weighted by Gasteiger charge is 2.01. The Balaban J connectivity index is 2.02. The highest BCUT2D eigenvalue weighted by molar-refractivity contribution is 6.32. The normalized spacial score (nSPS) is 10.1. The molecule has 0 aromatic heterocycles. The number of rotatable bonds is 4. The van der Waals surface area contributed by atoms with Gasteiger partial charge in [0.2, 0.25) is 0 Å². The summed E-state index contributed by atoms with van der Waals surface area (Å²) in [6.07, 6.45) is 0. The minimum absolute atomic E-state index is 0.456. The van der Waals surface area contributed by atoms with Crippen molar-refractivity contribution in [1.29, 1.82) is 0 Å². The smallest absolute Gasteiger partial charge is 0.142 e. The Hall–Kier alpha value is -2.10. The van der Waals surface area contributed by atoms with Crippen LogP contribution in [0.15, 0.2) is 42.5 Å². The summed E-state index contributed by atoms with van der Waals surface area (Å²) in [5.74, 6) is 1.46. The number of methoxy groups -OCH3 is 1. The lowest BCUT2D eigenvalue weighted by Crippen LogP contribution is -2.05.